The van der Waals surface area contributed by atoms with Crippen molar-refractivity contribution in [2.24, 2.45) is 0 Å². The highest BCUT2D eigenvalue weighted by molar-refractivity contribution is 5.76. The minimum atomic E-state index is 0.0638. The van der Waals surface area contributed by atoms with Gasteiger partial charge in [-0.25, -0.2) is 4.98 Å². The van der Waals surface area contributed by atoms with Crippen LogP contribution < -0.4 is 5.32 Å². The fourth-order valence-electron chi connectivity index (χ4n) is 1.93. The Balaban J connectivity index is 1.66. The number of benzene rings is 1. The van der Waals surface area contributed by atoms with Crippen molar-refractivity contribution >= 4 is 5.91 Å². The van der Waals surface area contributed by atoms with Gasteiger partial charge in [0.15, 0.2) is 5.89 Å². The summed E-state index contributed by atoms with van der Waals surface area (Å²) in [6.07, 6.45) is 3.59. The second-order valence-corrected chi connectivity index (χ2v) is 4.95. The number of aryl methyl sites for hydroxylation is 3. The number of nitrogens with one attached hydrogen (secondary N) is 1. The van der Waals surface area contributed by atoms with Crippen LogP contribution in [0.3, 0.4) is 0 Å². The third-order valence-electron chi connectivity index (χ3n) is 3.09. The molecule has 1 aromatic heterocycles. The molecule has 0 saturated heterocycles. The minimum Gasteiger partial charge on any atom is -0.446 e. The van der Waals surface area contributed by atoms with Crippen LogP contribution in [-0.2, 0) is 17.6 Å². The van der Waals surface area contributed by atoms with Crippen molar-refractivity contribution in [2.75, 3.05) is 6.54 Å². The molecule has 0 saturated carbocycles. The molecule has 4 nitrogen and oxygen atoms in total. The Labute approximate surface area is 119 Å². The first kappa shape index (κ1) is 14.3. The lowest BCUT2D eigenvalue weighted by Crippen LogP contribution is -2.25. The molecule has 0 aliphatic heterocycles. The first-order valence-corrected chi connectivity index (χ1v) is 6.87. The van der Waals surface area contributed by atoms with Crippen LogP contribution in [0.15, 0.2) is 34.9 Å². The number of hydrogen-bond acceptors (Lipinski definition) is 3. The molecule has 0 spiro atoms. The summed E-state index contributed by atoms with van der Waals surface area (Å²) >= 11 is 0. The van der Waals surface area contributed by atoms with Crippen molar-refractivity contribution in [1.29, 1.82) is 0 Å². The molecule has 0 atom stereocenters. The lowest BCUT2D eigenvalue weighted by Gasteiger charge is -2.04. The van der Waals surface area contributed by atoms with Crippen LogP contribution in [-0.4, -0.2) is 17.4 Å². The fourth-order valence-corrected chi connectivity index (χ4v) is 1.93. The Morgan fingerprint density at radius 2 is 1.95 bits per heavy atom. The van der Waals surface area contributed by atoms with Crippen molar-refractivity contribution in [2.45, 2.75) is 33.1 Å². The summed E-state index contributed by atoms with van der Waals surface area (Å²) in [5.41, 5.74) is 2.42. The van der Waals surface area contributed by atoms with E-state index in [4.69, 9.17) is 4.42 Å². The summed E-state index contributed by atoms with van der Waals surface area (Å²) in [6, 6.07) is 8.27. The molecule has 2 rings (SSSR count). The van der Waals surface area contributed by atoms with Gasteiger partial charge in [-0.1, -0.05) is 29.8 Å². The topological polar surface area (TPSA) is 55.1 Å². The van der Waals surface area contributed by atoms with Gasteiger partial charge >= 0.3 is 0 Å². The number of rotatable bonds is 6. The summed E-state index contributed by atoms with van der Waals surface area (Å²) in [4.78, 5) is 15.8. The normalized spacial score (nSPS) is 10.5. The first-order valence-electron chi connectivity index (χ1n) is 6.87. The number of carbonyl (C=O) groups excluding carboxylic acids is 1. The van der Waals surface area contributed by atoms with E-state index >= 15 is 0 Å². The lowest BCUT2D eigenvalue weighted by molar-refractivity contribution is -0.121. The smallest absolute Gasteiger partial charge is 0.220 e. The zero-order chi connectivity index (χ0) is 14.4. The molecule has 106 valence electrons. The predicted octanol–water partition coefficient (Wildman–Crippen LogP) is 2.58. The van der Waals surface area contributed by atoms with Crippen LogP contribution in [0.5, 0.6) is 0 Å². The van der Waals surface area contributed by atoms with Gasteiger partial charge in [0.2, 0.25) is 5.91 Å². The average molecular weight is 272 g/mol. The molecule has 1 heterocycles. The van der Waals surface area contributed by atoms with Gasteiger partial charge < -0.3 is 9.73 Å². The highest BCUT2D eigenvalue weighted by Gasteiger charge is 2.04. The van der Waals surface area contributed by atoms with E-state index in [-0.39, 0.29) is 5.91 Å². The van der Waals surface area contributed by atoms with E-state index < -0.39 is 0 Å². The molecular formula is C16H20N2O2. The molecule has 0 aliphatic carbocycles. The molecule has 0 unspecified atom stereocenters. The van der Waals surface area contributed by atoms with Gasteiger partial charge in [0.25, 0.3) is 0 Å². The Kier molecular flexibility index (Phi) is 4.93. The summed E-state index contributed by atoms with van der Waals surface area (Å²) in [7, 11) is 0. The molecule has 2 aromatic rings. The number of nitrogens with zero attached hydrogens (tertiary/aromatic N) is 1. The summed E-state index contributed by atoms with van der Waals surface area (Å²) in [5.74, 6) is 1.53. The maximum Gasteiger partial charge on any atom is 0.220 e. The van der Waals surface area contributed by atoms with Crippen molar-refractivity contribution in [3.05, 3.63) is 53.2 Å². The molecule has 4 heteroatoms. The van der Waals surface area contributed by atoms with E-state index in [9.17, 15) is 4.79 Å². The SMILES string of the molecule is Cc1ccc(CCC(=O)NCCc2ncc(C)o2)cc1. The Morgan fingerprint density at radius 1 is 1.20 bits per heavy atom. The average Bonchev–Trinajstić information content (AvgIpc) is 2.84. The van der Waals surface area contributed by atoms with E-state index in [0.717, 1.165) is 12.2 Å². The molecule has 0 bridgehead atoms. The van der Waals surface area contributed by atoms with Crippen LogP contribution in [0.4, 0.5) is 0 Å². The quantitative estimate of drug-likeness (QED) is 0.879. The molecular weight excluding hydrogens is 252 g/mol. The largest absolute Gasteiger partial charge is 0.446 e. The number of aromatic nitrogens is 1. The molecule has 0 fully saturated rings. The maximum absolute atomic E-state index is 11.7. The van der Waals surface area contributed by atoms with Gasteiger partial charge in [0.05, 0.1) is 6.20 Å². The summed E-state index contributed by atoms with van der Waals surface area (Å²) in [5, 5.41) is 2.88. The van der Waals surface area contributed by atoms with E-state index in [2.05, 4.69) is 41.5 Å². The van der Waals surface area contributed by atoms with Gasteiger partial charge in [0.1, 0.15) is 5.76 Å². The predicted molar refractivity (Wildman–Crippen MR) is 77.5 cm³/mol. The Morgan fingerprint density at radius 3 is 2.60 bits per heavy atom. The van der Waals surface area contributed by atoms with Gasteiger partial charge in [-0.2, -0.15) is 0 Å². The van der Waals surface area contributed by atoms with Crippen molar-refractivity contribution < 1.29 is 9.21 Å². The van der Waals surface area contributed by atoms with E-state index in [1.54, 1.807) is 6.20 Å². The van der Waals surface area contributed by atoms with Crippen LogP contribution in [0.25, 0.3) is 0 Å². The second-order valence-electron chi connectivity index (χ2n) is 4.95. The third-order valence-corrected chi connectivity index (χ3v) is 3.09. The fraction of sp³-hybridized carbons (Fsp3) is 0.375. The van der Waals surface area contributed by atoms with Crippen LogP contribution in [0.1, 0.15) is 29.2 Å². The van der Waals surface area contributed by atoms with Gasteiger partial charge in [-0.3, -0.25) is 4.79 Å². The van der Waals surface area contributed by atoms with Crippen LogP contribution in [0, 0.1) is 13.8 Å². The van der Waals surface area contributed by atoms with Crippen LogP contribution in [0.2, 0.25) is 0 Å². The maximum atomic E-state index is 11.7. The molecule has 0 aliphatic rings. The number of carbonyl (C=O) groups is 1. The number of hydrogen-bond donors (Lipinski definition) is 1. The molecule has 20 heavy (non-hydrogen) atoms. The highest BCUT2D eigenvalue weighted by Crippen LogP contribution is 2.06. The van der Waals surface area contributed by atoms with Crippen LogP contribution >= 0.6 is 0 Å². The zero-order valence-electron chi connectivity index (χ0n) is 12.0. The first-order chi connectivity index (χ1) is 9.63. The third kappa shape index (κ3) is 4.53. The number of amides is 1. The molecule has 0 radical (unpaired) electrons. The summed E-state index contributed by atoms with van der Waals surface area (Å²) < 4.78 is 5.34. The molecule has 1 N–H and O–H groups in total. The van der Waals surface area contributed by atoms with Crippen molar-refractivity contribution in [3.8, 4) is 0 Å². The van der Waals surface area contributed by atoms with Gasteiger partial charge in [0, 0.05) is 19.4 Å². The van der Waals surface area contributed by atoms with Gasteiger partial charge in [-0.15, -0.1) is 0 Å². The minimum absolute atomic E-state index is 0.0638. The monoisotopic (exact) mass is 272 g/mol. The van der Waals surface area contributed by atoms with E-state index in [1.165, 1.54) is 11.1 Å². The highest BCUT2D eigenvalue weighted by atomic mass is 16.4. The standard InChI is InChI=1S/C16H20N2O2/c1-12-3-5-14(6-4-12)7-8-15(19)17-10-9-16-18-11-13(2)20-16/h3-6,11H,7-10H2,1-2H3,(H,17,19). The Hall–Kier alpha value is -2.10. The molecule has 1 aromatic carbocycles. The summed E-state index contributed by atoms with van der Waals surface area (Å²) in [6.45, 7) is 4.48. The van der Waals surface area contributed by atoms with E-state index in [1.807, 2.05) is 6.92 Å². The zero-order valence-corrected chi connectivity index (χ0v) is 12.0. The van der Waals surface area contributed by atoms with Crippen molar-refractivity contribution in [3.63, 3.8) is 0 Å². The van der Waals surface area contributed by atoms with E-state index in [0.29, 0.717) is 25.3 Å². The van der Waals surface area contributed by atoms with Gasteiger partial charge in [-0.05, 0) is 25.8 Å². The lowest BCUT2D eigenvalue weighted by atomic mass is 10.1. The second kappa shape index (κ2) is 6.89. The van der Waals surface area contributed by atoms with Crippen molar-refractivity contribution in [1.82, 2.24) is 10.3 Å². The number of oxazole rings is 1. The molecule has 1 amide bonds. The Bertz CT molecular complexity index is 558.